The van der Waals surface area contributed by atoms with Crippen molar-refractivity contribution in [1.29, 1.82) is 0 Å². The van der Waals surface area contributed by atoms with Gasteiger partial charge in [-0.3, -0.25) is 0 Å². The predicted octanol–water partition coefficient (Wildman–Crippen LogP) is 6.56. The third kappa shape index (κ3) is 4.46. The number of alkyl halides is 2. The van der Waals surface area contributed by atoms with Crippen LogP contribution in [-0.2, 0) is 17.5 Å². The van der Waals surface area contributed by atoms with Crippen LogP contribution in [0.2, 0.25) is 5.02 Å². The molecule has 0 fully saturated rings. The Hall–Kier alpha value is -2.57. The second kappa shape index (κ2) is 8.20. The van der Waals surface area contributed by atoms with Crippen LogP contribution in [0.15, 0.2) is 60.7 Å². The van der Waals surface area contributed by atoms with Crippen molar-refractivity contribution in [3.8, 4) is 16.9 Å². The van der Waals surface area contributed by atoms with Crippen LogP contribution in [0, 0.1) is 11.6 Å². The lowest BCUT2D eigenvalue weighted by molar-refractivity contribution is -0.189. The van der Waals surface area contributed by atoms with Gasteiger partial charge in [-0.1, -0.05) is 35.9 Å². The number of benzene rings is 3. The fraction of sp³-hybridized carbons (Fsp3) is 0.143. The molecule has 146 valence electrons. The fourth-order valence-electron chi connectivity index (χ4n) is 2.71. The fourth-order valence-corrected chi connectivity index (χ4v) is 2.84. The highest BCUT2D eigenvalue weighted by Gasteiger charge is 2.41. The van der Waals surface area contributed by atoms with Crippen LogP contribution in [0.25, 0.3) is 11.1 Å². The molecule has 0 saturated carbocycles. The van der Waals surface area contributed by atoms with Gasteiger partial charge < -0.3 is 9.47 Å². The summed E-state index contributed by atoms with van der Waals surface area (Å²) in [5.74, 6) is -3.05. The second-order valence-corrected chi connectivity index (χ2v) is 6.45. The molecule has 0 aliphatic rings. The van der Waals surface area contributed by atoms with Gasteiger partial charge in [-0.05, 0) is 53.1 Å². The molecule has 2 nitrogen and oxygen atoms in total. The van der Waals surface area contributed by atoms with E-state index in [0.717, 1.165) is 23.3 Å². The highest BCUT2D eigenvalue weighted by Crippen LogP contribution is 2.36. The van der Waals surface area contributed by atoms with Crippen LogP contribution in [-0.4, -0.2) is 7.11 Å². The van der Waals surface area contributed by atoms with E-state index in [4.69, 9.17) is 16.3 Å². The molecule has 3 aromatic carbocycles. The standard InChI is InChI=1S/C21H15ClF4O2/c1-27-12-13-10-18(23)20(19(24)11-13)21(25,26)28-17-8-4-15(5-9-17)14-2-6-16(22)7-3-14/h2-11H,12H2,1H3. The molecule has 3 rings (SSSR count). The molecule has 0 bridgehead atoms. The van der Waals surface area contributed by atoms with Gasteiger partial charge in [0.15, 0.2) is 0 Å². The largest absolute Gasteiger partial charge is 0.432 e. The van der Waals surface area contributed by atoms with Crippen molar-refractivity contribution in [3.63, 3.8) is 0 Å². The summed E-state index contributed by atoms with van der Waals surface area (Å²) in [4.78, 5) is 0. The Kier molecular flexibility index (Phi) is 5.91. The molecule has 0 amide bonds. The number of halogens is 5. The lowest BCUT2D eigenvalue weighted by atomic mass is 10.1. The molecule has 3 aromatic rings. The molecule has 0 heterocycles. The Morgan fingerprint density at radius 1 is 0.857 bits per heavy atom. The lowest BCUT2D eigenvalue weighted by Gasteiger charge is -2.20. The highest BCUT2D eigenvalue weighted by atomic mass is 35.5. The van der Waals surface area contributed by atoms with E-state index in [2.05, 4.69) is 4.74 Å². The van der Waals surface area contributed by atoms with Gasteiger partial charge in [-0.25, -0.2) is 8.78 Å². The first-order valence-electron chi connectivity index (χ1n) is 8.20. The number of hydrogen-bond acceptors (Lipinski definition) is 2. The van der Waals surface area contributed by atoms with E-state index in [9.17, 15) is 17.6 Å². The van der Waals surface area contributed by atoms with Crippen molar-refractivity contribution in [3.05, 3.63) is 88.4 Å². The minimum atomic E-state index is -4.19. The maximum absolute atomic E-state index is 14.4. The molecule has 0 unspecified atom stereocenters. The number of methoxy groups -OCH3 is 1. The van der Waals surface area contributed by atoms with Crippen LogP contribution >= 0.6 is 11.6 Å². The van der Waals surface area contributed by atoms with Gasteiger partial charge in [-0.15, -0.1) is 0 Å². The maximum atomic E-state index is 14.4. The van der Waals surface area contributed by atoms with E-state index in [0.29, 0.717) is 5.02 Å². The van der Waals surface area contributed by atoms with Gasteiger partial charge in [0.05, 0.1) is 6.61 Å². The zero-order valence-electron chi connectivity index (χ0n) is 14.7. The molecule has 0 saturated heterocycles. The van der Waals surface area contributed by atoms with Crippen molar-refractivity contribution in [2.45, 2.75) is 12.7 Å². The van der Waals surface area contributed by atoms with Crippen molar-refractivity contribution in [1.82, 2.24) is 0 Å². The van der Waals surface area contributed by atoms with E-state index < -0.39 is 23.3 Å². The predicted molar refractivity (Wildman–Crippen MR) is 98.5 cm³/mol. The summed E-state index contributed by atoms with van der Waals surface area (Å²) >= 11 is 5.84. The third-order valence-corrected chi connectivity index (χ3v) is 4.23. The zero-order chi connectivity index (χ0) is 20.3. The van der Waals surface area contributed by atoms with Crippen LogP contribution in [0.4, 0.5) is 17.6 Å². The van der Waals surface area contributed by atoms with Gasteiger partial charge in [0.25, 0.3) is 0 Å². The number of ether oxygens (including phenoxy) is 2. The molecular weight excluding hydrogens is 396 g/mol. The second-order valence-electron chi connectivity index (χ2n) is 6.02. The van der Waals surface area contributed by atoms with E-state index in [-0.39, 0.29) is 17.9 Å². The van der Waals surface area contributed by atoms with Crippen LogP contribution < -0.4 is 4.74 Å². The number of hydrogen-bond donors (Lipinski definition) is 0. The van der Waals surface area contributed by atoms with E-state index in [1.54, 1.807) is 36.4 Å². The van der Waals surface area contributed by atoms with E-state index in [1.807, 2.05) is 0 Å². The molecule has 0 N–H and O–H groups in total. The summed E-state index contributed by atoms with van der Waals surface area (Å²) in [5.41, 5.74) is 0.223. The first kappa shape index (κ1) is 20.2. The summed E-state index contributed by atoms with van der Waals surface area (Å²) in [7, 11) is 1.33. The van der Waals surface area contributed by atoms with Crippen LogP contribution in [0.5, 0.6) is 5.75 Å². The van der Waals surface area contributed by atoms with E-state index in [1.165, 1.54) is 19.2 Å². The Morgan fingerprint density at radius 2 is 1.36 bits per heavy atom. The van der Waals surface area contributed by atoms with Gasteiger partial charge in [0.1, 0.15) is 22.9 Å². The Morgan fingerprint density at radius 3 is 1.86 bits per heavy atom. The molecule has 28 heavy (non-hydrogen) atoms. The quantitative estimate of drug-likeness (QED) is 0.428. The Labute approximate surface area is 164 Å². The van der Waals surface area contributed by atoms with Crippen molar-refractivity contribution < 1.29 is 27.0 Å². The van der Waals surface area contributed by atoms with Gasteiger partial charge in [-0.2, -0.15) is 8.78 Å². The molecule has 0 aliphatic heterocycles. The van der Waals surface area contributed by atoms with Crippen molar-refractivity contribution >= 4 is 11.6 Å². The monoisotopic (exact) mass is 410 g/mol. The SMILES string of the molecule is COCc1cc(F)c(C(F)(F)Oc2ccc(-c3ccc(Cl)cc3)cc2)c(F)c1. The summed E-state index contributed by atoms with van der Waals surface area (Å²) < 4.78 is 66.3. The van der Waals surface area contributed by atoms with Crippen molar-refractivity contribution in [2.75, 3.05) is 7.11 Å². The Balaban J connectivity index is 1.83. The van der Waals surface area contributed by atoms with Gasteiger partial charge in [0, 0.05) is 12.1 Å². The average molecular weight is 411 g/mol. The van der Waals surface area contributed by atoms with Gasteiger partial charge in [0.2, 0.25) is 0 Å². The topological polar surface area (TPSA) is 18.5 Å². The molecular formula is C21H15ClF4O2. The Bertz CT molecular complexity index is 934. The van der Waals surface area contributed by atoms with Gasteiger partial charge >= 0.3 is 6.11 Å². The first-order chi connectivity index (χ1) is 13.3. The zero-order valence-corrected chi connectivity index (χ0v) is 15.4. The molecule has 0 aliphatic carbocycles. The van der Waals surface area contributed by atoms with Crippen LogP contribution in [0.3, 0.4) is 0 Å². The molecule has 0 atom stereocenters. The molecule has 0 aromatic heterocycles. The smallest absolute Gasteiger partial charge is 0.429 e. The summed E-state index contributed by atoms with van der Waals surface area (Å²) in [6, 6.07) is 14.3. The van der Waals surface area contributed by atoms with E-state index >= 15 is 0 Å². The molecule has 0 radical (unpaired) electrons. The van der Waals surface area contributed by atoms with Crippen molar-refractivity contribution in [2.24, 2.45) is 0 Å². The average Bonchev–Trinajstić information content (AvgIpc) is 2.62. The minimum Gasteiger partial charge on any atom is -0.429 e. The first-order valence-corrected chi connectivity index (χ1v) is 8.58. The summed E-state index contributed by atoms with van der Waals surface area (Å²) in [6.07, 6.45) is -4.19. The third-order valence-electron chi connectivity index (χ3n) is 3.98. The normalized spacial score (nSPS) is 11.5. The molecule has 7 heteroatoms. The number of rotatable bonds is 6. The summed E-state index contributed by atoms with van der Waals surface area (Å²) in [5, 5.41) is 0.573. The van der Waals surface area contributed by atoms with Crippen LogP contribution in [0.1, 0.15) is 11.1 Å². The molecule has 0 spiro atoms. The maximum Gasteiger partial charge on any atom is 0.432 e. The minimum absolute atomic E-state index is 0.101. The lowest BCUT2D eigenvalue weighted by Crippen LogP contribution is -2.25. The summed E-state index contributed by atoms with van der Waals surface area (Å²) in [6.45, 7) is -0.104. The highest BCUT2D eigenvalue weighted by molar-refractivity contribution is 6.30.